The van der Waals surface area contributed by atoms with Gasteiger partial charge in [0, 0.05) is 0 Å². The molecule has 10 heteroatoms. The summed E-state index contributed by atoms with van der Waals surface area (Å²) in [5.41, 5.74) is -0.924. The monoisotopic (exact) mass is 366 g/mol. The van der Waals surface area contributed by atoms with Gasteiger partial charge in [-0.15, -0.1) is 0 Å². The smallest absolute Gasteiger partial charge is 0.373 e. The number of nitrogens with zero attached hydrogens (tertiary/aromatic N) is 3. The second kappa shape index (κ2) is 4.81. The standard InChI is InChI=1S/C16H13F3N4O3/c1-5-4-8(16(17,18)19)20-12-9(5)13(22-21-12)23-14(24)10-6-2-3-7(26-6)11(10)15(23)25/h4,6-7,10-11H,2-3H2,1H3,(H,20,21,22)/t6-,7-,10-,11-/m1/s1. The van der Waals surface area contributed by atoms with Gasteiger partial charge in [0.05, 0.1) is 29.4 Å². The van der Waals surface area contributed by atoms with Crippen LogP contribution < -0.4 is 4.90 Å². The molecular formula is C16H13F3N4O3. The number of anilines is 1. The Labute approximate surface area is 144 Å². The van der Waals surface area contributed by atoms with Gasteiger partial charge in [-0.3, -0.25) is 14.7 Å². The molecule has 0 spiro atoms. The fourth-order valence-corrected chi connectivity index (χ4v) is 4.43. The average Bonchev–Trinajstić information content (AvgIpc) is 3.30. The maximum atomic E-state index is 12.9. The Morgan fingerprint density at radius 2 is 1.81 bits per heavy atom. The molecule has 2 aromatic rings. The van der Waals surface area contributed by atoms with E-state index in [9.17, 15) is 22.8 Å². The molecule has 7 nitrogen and oxygen atoms in total. The van der Waals surface area contributed by atoms with Crippen LogP contribution in [0.25, 0.3) is 11.0 Å². The third kappa shape index (κ3) is 1.87. The van der Waals surface area contributed by atoms with Gasteiger partial charge in [-0.05, 0) is 31.4 Å². The Bertz CT molecular complexity index is 942. The van der Waals surface area contributed by atoms with Crippen molar-refractivity contribution >= 4 is 28.7 Å². The number of fused-ring (bicyclic) bond motifs is 6. The Morgan fingerprint density at radius 3 is 2.38 bits per heavy atom. The molecular weight excluding hydrogens is 353 g/mol. The van der Waals surface area contributed by atoms with Crippen molar-refractivity contribution in [3.05, 3.63) is 17.3 Å². The molecule has 5 heterocycles. The van der Waals surface area contributed by atoms with Gasteiger partial charge in [-0.1, -0.05) is 0 Å². The molecule has 3 aliphatic rings. The van der Waals surface area contributed by atoms with Gasteiger partial charge in [0.1, 0.15) is 5.69 Å². The first-order chi connectivity index (χ1) is 12.3. The Morgan fingerprint density at radius 1 is 1.19 bits per heavy atom. The normalized spacial score (nSPS) is 30.7. The Balaban J connectivity index is 1.62. The number of aromatic amines is 1. The highest BCUT2D eigenvalue weighted by Crippen LogP contribution is 2.50. The number of alkyl halides is 3. The van der Waals surface area contributed by atoms with Gasteiger partial charge < -0.3 is 4.74 Å². The van der Waals surface area contributed by atoms with Crippen LogP contribution in [0.4, 0.5) is 19.0 Å². The Kier molecular flexibility index (Phi) is 2.91. The fraction of sp³-hybridized carbons (Fsp3) is 0.500. The first kappa shape index (κ1) is 15.7. The minimum Gasteiger partial charge on any atom is -0.373 e. The van der Waals surface area contributed by atoms with Gasteiger partial charge in [0.25, 0.3) is 0 Å². The molecule has 136 valence electrons. The molecule has 4 atom stereocenters. The molecule has 0 radical (unpaired) electrons. The summed E-state index contributed by atoms with van der Waals surface area (Å²) in [4.78, 5) is 30.2. The van der Waals surface area contributed by atoms with E-state index in [1.807, 2.05) is 0 Å². The molecule has 2 amide bonds. The lowest BCUT2D eigenvalue weighted by Crippen LogP contribution is -2.34. The van der Waals surface area contributed by atoms with Crippen LogP contribution in [0.15, 0.2) is 6.07 Å². The van der Waals surface area contributed by atoms with Crippen LogP contribution in [0.1, 0.15) is 24.1 Å². The lowest BCUT2D eigenvalue weighted by molar-refractivity contribution is -0.141. The number of H-pyrrole nitrogens is 1. The molecule has 3 saturated heterocycles. The molecule has 0 aliphatic carbocycles. The number of halogens is 3. The molecule has 2 aromatic heterocycles. The van der Waals surface area contributed by atoms with E-state index in [-0.39, 0.29) is 34.6 Å². The van der Waals surface area contributed by atoms with Crippen molar-refractivity contribution in [1.29, 1.82) is 0 Å². The molecule has 0 unspecified atom stereocenters. The van der Waals surface area contributed by atoms with Crippen molar-refractivity contribution in [2.45, 2.75) is 38.1 Å². The Hall–Kier alpha value is -2.49. The average molecular weight is 366 g/mol. The summed E-state index contributed by atoms with van der Waals surface area (Å²) in [6, 6.07) is 0.889. The van der Waals surface area contributed by atoms with Gasteiger partial charge in [-0.25, -0.2) is 9.88 Å². The number of hydrogen-bond donors (Lipinski definition) is 1. The van der Waals surface area contributed by atoms with Crippen LogP contribution in [-0.2, 0) is 20.5 Å². The second-order valence-electron chi connectivity index (χ2n) is 6.95. The van der Waals surface area contributed by atoms with E-state index in [4.69, 9.17) is 4.74 Å². The summed E-state index contributed by atoms with van der Waals surface area (Å²) in [7, 11) is 0. The van der Waals surface area contributed by atoms with E-state index in [0.29, 0.717) is 0 Å². The summed E-state index contributed by atoms with van der Waals surface area (Å²) < 4.78 is 44.5. The summed E-state index contributed by atoms with van der Waals surface area (Å²) >= 11 is 0. The zero-order valence-electron chi connectivity index (χ0n) is 13.5. The molecule has 26 heavy (non-hydrogen) atoms. The lowest BCUT2D eigenvalue weighted by Gasteiger charge is -2.16. The van der Waals surface area contributed by atoms with Crippen LogP contribution in [0.3, 0.4) is 0 Å². The molecule has 2 bridgehead atoms. The van der Waals surface area contributed by atoms with E-state index in [1.54, 1.807) is 0 Å². The number of aryl methyl sites for hydroxylation is 1. The zero-order chi connectivity index (χ0) is 18.4. The highest BCUT2D eigenvalue weighted by atomic mass is 19.4. The largest absolute Gasteiger partial charge is 0.433 e. The number of hydrogen-bond acceptors (Lipinski definition) is 5. The highest BCUT2D eigenvalue weighted by Gasteiger charge is 2.63. The summed E-state index contributed by atoms with van der Waals surface area (Å²) in [6.45, 7) is 1.47. The van der Waals surface area contributed by atoms with Crippen molar-refractivity contribution in [1.82, 2.24) is 15.2 Å². The summed E-state index contributed by atoms with van der Waals surface area (Å²) in [5.74, 6) is -1.85. The third-order valence-corrected chi connectivity index (χ3v) is 5.49. The van der Waals surface area contributed by atoms with Crippen molar-refractivity contribution in [3.63, 3.8) is 0 Å². The van der Waals surface area contributed by atoms with Crippen molar-refractivity contribution in [2.75, 3.05) is 4.90 Å². The number of nitrogens with one attached hydrogen (secondary N) is 1. The number of carbonyl (C=O) groups is 2. The predicted molar refractivity (Wildman–Crippen MR) is 81.0 cm³/mol. The number of ether oxygens (including phenoxy) is 1. The second-order valence-corrected chi connectivity index (χ2v) is 6.95. The predicted octanol–water partition coefficient (Wildman–Crippen LogP) is 1.95. The molecule has 0 saturated carbocycles. The first-order valence-corrected chi connectivity index (χ1v) is 8.23. The molecule has 5 rings (SSSR count). The number of rotatable bonds is 1. The number of carbonyl (C=O) groups excluding carboxylic acids is 2. The quantitative estimate of drug-likeness (QED) is 0.780. The van der Waals surface area contributed by atoms with Crippen LogP contribution in [0.2, 0.25) is 0 Å². The highest BCUT2D eigenvalue weighted by molar-refractivity contribution is 6.24. The number of imide groups is 1. The van der Waals surface area contributed by atoms with Crippen molar-refractivity contribution in [2.24, 2.45) is 11.8 Å². The SMILES string of the molecule is Cc1cc(C(F)(F)F)nc2[nH]nc(N3C(=O)[C@H]4[C@H](C3=O)[C@H]3CC[C@H]4O3)c12. The minimum absolute atomic E-state index is 0.0162. The fourth-order valence-electron chi connectivity index (χ4n) is 4.43. The van der Waals surface area contributed by atoms with Crippen LogP contribution in [-0.4, -0.2) is 39.2 Å². The zero-order valence-corrected chi connectivity index (χ0v) is 13.5. The van der Waals surface area contributed by atoms with Crippen LogP contribution >= 0.6 is 0 Å². The molecule has 0 aromatic carbocycles. The number of pyridine rings is 1. The van der Waals surface area contributed by atoms with Crippen molar-refractivity contribution in [3.8, 4) is 0 Å². The summed E-state index contributed by atoms with van der Waals surface area (Å²) in [6.07, 6.45) is -3.68. The van der Waals surface area contributed by atoms with E-state index in [1.165, 1.54) is 6.92 Å². The van der Waals surface area contributed by atoms with Crippen LogP contribution in [0, 0.1) is 18.8 Å². The lowest BCUT2D eigenvalue weighted by atomic mass is 9.81. The number of aromatic nitrogens is 3. The maximum absolute atomic E-state index is 12.9. The van der Waals surface area contributed by atoms with Gasteiger partial charge >= 0.3 is 6.18 Å². The first-order valence-electron chi connectivity index (χ1n) is 8.23. The van der Waals surface area contributed by atoms with Gasteiger partial charge in [0.15, 0.2) is 11.5 Å². The topological polar surface area (TPSA) is 88.2 Å². The van der Waals surface area contributed by atoms with Gasteiger partial charge in [0.2, 0.25) is 11.8 Å². The van der Waals surface area contributed by atoms with Crippen molar-refractivity contribution < 1.29 is 27.5 Å². The van der Waals surface area contributed by atoms with E-state index in [2.05, 4.69) is 15.2 Å². The van der Waals surface area contributed by atoms with E-state index >= 15 is 0 Å². The summed E-state index contributed by atoms with van der Waals surface area (Å²) in [5, 5.41) is 6.62. The van der Waals surface area contributed by atoms with E-state index < -0.39 is 35.5 Å². The maximum Gasteiger partial charge on any atom is 0.433 e. The van der Waals surface area contributed by atoms with Crippen LogP contribution in [0.5, 0.6) is 0 Å². The molecule has 3 aliphatic heterocycles. The third-order valence-electron chi connectivity index (χ3n) is 5.49. The van der Waals surface area contributed by atoms with E-state index in [0.717, 1.165) is 23.8 Å². The van der Waals surface area contributed by atoms with Gasteiger partial charge in [-0.2, -0.15) is 18.3 Å². The molecule has 3 fully saturated rings. The molecule has 1 N–H and O–H groups in total. The minimum atomic E-state index is -4.60. The number of amides is 2.